The van der Waals surface area contributed by atoms with Crippen molar-refractivity contribution in [3.8, 4) is 11.3 Å². The van der Waals surface area contributed by atoms with Gasteiger partial charge in [0, 0.05) is 31.7 Å². The first-order valence-corrected chi connectivity index (χ1v) is 12.5. The minimum absolute atomic E-state index is 0.283. The Morgan fingerprint density at radius 2 is 1.72 bits per heavy atom. The lowest BCUT2D eigenvalue weighted by Gasteiger charge is -2.33. The average molecular weight is 472 g/mol. The molecule has 0 radical (unpaired) electrons. The monoisotopic (exact) mass is 471 g/mol. The van der Waals surface area contributed by atoms with Crippen molar-refractivity contribution in [2.45, 2.75) is 18.7 Å². The zero-order valence-electron chi connectivity index (χ0n) is 17.7. The Bertz CT molecular complexity index is 1360. The van der Waals surface area contributed by atoms with E-state index < -0.39 is 10.0 Å². The van der Waals surface area contributed by atoms with Gasteiger partial charge in [-0.25, -0.2) is 22.3 Å². The number of hydrogen-bond donors (Lipinski definition) is 0. The van der Waals surface area contributed by atoms with Gasteiger partial charge in [-0.2, -0.15) is 4.31 Å². The number of piperazine rings is 1. The van der Waals surface area contributed by atoms with Crippen molar-refractivity contribution in [1.82, 2.24) is 18.9 Å². The quantitative estimate of drug-likeness (QED) is 0.454. The number of imidazole rings is 1. The predicted molar refractivity (Wildman–Crippen MR) is 123 cm³/mol. The highest BCUT2D eigenvalue weighted by Crippen LogP contribution is 2.29. The lowest BCUT2D eigenvalue weighted by atomic mass is 10.2. The maximum Gasteiger partial charge on any atom is 0.243 e. The SMILES string of the molecule is Cc1ccc(C)c(S(=O)(=O)N2CCN(c3nn4cc(-c5ccc(F)cc5)nc4s3)CC2)c1. The highest BCUT2D eigenvalue weighted by Gasteiger charge is 2.30. The Morgan fingerprint density at radius 1 is 1.00 bits per heavy atom. The summed E-state index contributed by atoms with van der Waals surface area (Å²) >= 11 is 1.46. The van der Waals surface area contributed by atoms with Gasteiger partial charge in [-0.15, -0.1) is 5.10 Å². The topological polar surface area (TPSA) is 70.8 Å². The van der Waals surface area contributed by atoms with Gasteiger partial charge in [0.05, 0.1) is 16.8 Å². The Labute approximate surface area is 189 Å². The molecular weight excluding hydrogens is 449 g/mol. The van der Waals surface area contributed by atoms with Crippen LogP contribution in [0.1, 0.15) is 11.1 Å². The molecule has 2 aromatic carbocycles. The lowest BCUT2D eigenvalue weighted by Crippen LogP contribution is -2.48. The second kappa shape index (κ2) is 7.95. The number of rotatable bonds is 4. The number of aryl methyl sites for hydroxylation is 2. The third-order valence-corrected chi connectivity index (χ3v) is 8.67. The number of nitrogens with zero attached hydrogens (tertiary/aromatic N) is 5. The normalized spacial score (nSPS) is 15.5. The second-order valence-electron chi connectivity index (χ2n) is 7.90. The maximum atomic E-state index is 13.2. The fourth-order valence-corrected chi connectivity index (χ4v) is 6.49. The van der Waals surface area contributed by atoms with Crippen molar-refractivity contribution in [2.24, 2.45) is 0 Å². The first-order valence-electron chi connectivity index (χ1n) is 10.3. The maximum absolute atomic E-state index is 13.2. The van der Waals surface area contributed by atoms with Gasteiger partial charge in [0.25, 0.3) is 0 Å². The molecule has 166 valence electrons. The Hall–Kier alpha value is -2.82. The zero-order valence-corrected chi connectivity index (χ0v) is 19.3. The summed E-state index contributed by atoms with van der Waals surface area (Å²) in [5.74, 6) is -0.283. The Kier molecular flexibility index (Phi) is 5.23. The van der Waals surface area contributed by atoms with Crippen molar-refractivity contribution in [3.63, 3.8) is 0 Å². The summed E-state index contributed by atoms with van der Waals surface area (Å²) in [6.45, 7) is 5.65. The van der Waals surface area contributed by atoms with Gasteiger partial charge in [-0.05, 0) is 55.3 Å². The van der Waals surface area contributed by atoms with Crippen LogP contribution in [0.2, 0.25) is 0 Å². The first kappa shape index (κ1) is 21.0. The molecule has 2 aromatic heterocycles. The number of hydrogen-bond acceptors (Lipinski definition) is 6. The summed E-state index contributed by atoms with van der Waals surface area (Å²) in [5, 5.41) is 5.44. The number of aromatic nitrogens is 3. The largest absolute Gasteiger partial charge is 0.344 e. The summed E-state index contributed by atoms with van der Waals surface area (Å²) in [7, 11) is -3.53. The van der Waals surface area contributed by atoms with Gasteiger partial charge in [0.15, 0.2) is 0 Å². The van der Waals surface area contributed by atoms with E-state index in [1.165, 1.54) is 23.5 Å². The molecule has 5 rings (SSSR count). The van der Waals surface area contributed by atoms with Crippen LogP contribution in [0.25, 0.3) is 16.2 Å². The van der Waals surface area contributed by atoms with Crippen LogP contribution in [-0.4, -0.2) is 53.5 Å². The molecule has 1 aliphatic rings. The molecule has 1 fully saturated rings. The number of fused-ring (bicyclic) bond motifs is 1. The van der Waals surface area contributed by atoms with Crippen molar-refractivity contribution in [1.29, 1.82) is 0 Å². The Balaban J connectivity index is 1.31. The van der Waals surface area contributed by atoms with Crippen molar-refractivity contribution in [3.05, 3.63) is 65.6 Å². The molecule has 0 aliphatic carbocycles. The molecular formula is C22H22FN5O2S2. The van der Waals surface area contributed by atoms with Gasteiger partial charge in [-0.1, -0.05) is 23.5 Å². The summed E-state index contributed by atoms with van der Waals surface area (Å²) in [4.78, 5) is 7.81. The number of benzene rings is 2. The van der Waals surface area contributed by atoms with Crippen LogP contribution in [0.15, 0.2) is 53.6 Å². The number of anilines is 1. The fraction of sp³-hybridized carbons (Fsp3) is 0.273. The van der Waals surface area contributed by atoms with E-state index >= 15 is 0 Å². The molecule has 0 saturated carbocycles. The second-order valence-corrected chi connectivity index (χ2v) is 10.7. The third-order valence-electron chi connectivity index (χ3n) is 5.64. The highest BCUT2D eigenvalue weighted by atomic mass is 32.2. The summed E-state index contributed by atoms with van der Waals surface area (Å²) in [5.41, 5.74) is 3.26. The van der Waals surface area contributed by atoms with Gasteiger partial charge in [0.2, 0.25) is 20.1 Å². The number of sulfonamides is 1. The van der Waals surface area contributed by atoms with Crippen LogP contribution in [0, 0.1) is 19.7 Å². The zero-order chi connectivity index (χ0) is 22.5. The average Bonchev–Trinajstić information content (AvgIpc) is 3.35. The molecule has 3 heterocycles. The van der Waals surface area contributed by atoms with E-state index in [0.29, 0.717) is 31.1 Å². The minimum atomic E-state index is -3.53. The molecule has 0 bridgehead atoms. The van der Waals surface area contributed by atoms with Gasteiger partial charge in [-0.3, -0.25) is 0 Å². The minimum Gasteiger partial charge on any atom is -0.344 e. The van der Waals surface area contributed by atoms with Crippen LogP contribution in [0.3, 0.4) is 0 Å². The van der Waals surface area contributed by atoms with Gasteiger partial charge in [0.1, 0.15) is 5.82 Å². The predicted octanol–water partition coefficient (Wildman–Crippen LogP) is 3.72. The summed E-state index contributed by atoms with van der Waals surface area (Å²) < 4.78 is 42.7. The third kappa shape index (κ3) is 3.78. The van der Waals surface area contributed by atoms with Crippen LogP contribution >= 0.6 is 11.3 Å². The molecule has 1 saturated heterocycles. The van der Waals surface area contributed by atoms with Gasteiger partial charge >= 0.3 is 0 Å². The molecule has 7 nitrogen and oxygen atoms in total. The molecule has 0 atom stereocenters. The van der Waals surface area contributed by atoms with Crippen LogP contribution in [0.5, 0.6) is 0 Å². The van der Waals surface area contributed by atoms with E-state index in [0.717, 1.165) is 32.5 Å². The molecule has 1 aliphatic heterocycles. The smallest absolute Gasteiger partial charge is 0.243 e. The molecule has 0 amide bonds. The molecule has 0 N–H and O–H groups in total. The van der Waals surface area contributed by atoms with E-state index in [9.17, 15) is 12.8 Å². The lowest BCUT2D eigenvalue weighted by molar-refractivity contribution is 0.384. The van der Waals surface area contributed by atoms with Crippen molar-refractivity contribution in [2.75, 3.05) is 31.1 Å². The highest BCUT2D eigenvalue weighted by molar-refractivity contribution is 7.89. The summed E-state index contributed by atoms with van der Waals surface area (Å²) in [6, 6.07) is 11.7. The van der Waals surface area contributed by atoms with Crippen LogP contribution < -0.4 is 4.90 Å². The van der Waals surface area contributed by atoms with E-state index in [2.05, 4.69) is 15.0 Å². The van der Waals surface area contributed by atoms with E-state index in [-0.39, 0.29) is 5.82 Å². The molecule has 0 unspecified atom stereocenters. The fourth-order valence-electron chi connectivity index (χ4n) is 3.82. The Morgan fingerprint density at radius 3 is 2.41 bits per heavy atom. The number of halogens is 1. The van der Waals surface area contributed by atoms with Crippen LogP contribution in [0.4, 0.5) is 9.52 Å². The standard InChI is InChI=1S/C22H22FN5O2S2/c1-15-3-4-16(2)20(13-15)32(29,30)27-11-9-26(10-12-27)22-25-28-14-19(24-21(28)31-22)17-5-7-18(23)8-6-17/h3-8,13-14H,9-12H2,1-2H3. The van der Waals surface area contributed by atoms with E-state index in [1.54, 1.807) is 27.0 Å². The van der Waals surface area contributed by atoms with Gasteiger partial charge < -0.3 is 4.90 Å². The van der Waals surface area contributed by atoms with E-state index in [4.69, 9.17) is 0 Å². The molecule has 4 aromatic rings. The molecule has 10 heteroatoms. The molecule has 32 heavy (non-hydrogen) atoms. The van der Waals surface area contributed by atoms with Crippen molar-refractivity contribution < 1.29 is 12.8 Å². The first-order chi connectivity index (χ1) is 15.3. The summed E-state index contributed by atoms with van der Waals surface area (Å²) in [6.07, 6.45) is 1.82. The van der Waals surface area contributed by atoms with E-state index in [1.807, 2.05) is 32.2 Å². The molecule has 0 spiro atoms. The van der Waals surface area contributed by atoms with Crippen LogP contribution in [-0.2, 0) is 10.0 Å². The van der Waals surface area contributed by atoms with Crippen molar-refractivity contribution >= 4 is 31.5 Å².